The molecule has 0 amide bonds. The summed E-state index contributed by atoms with van der Waals surface area (Å²) in [5.74, 6) is 0. The Hall–Kier alpha value is -6.49. The summed E-state index contributed by atoms with van der Waals surface area (Å²) < 4.78 is 0. The molecule has 2 aliphatic carbocycles. The summed E-state index contributed by atoms with van der Waals surface area (Å²) in [5.41, 5.74) is 18.5. The topological polar surface area (TPSA) is 23.8 Å². The van der Waals surface area contributed by atoms with Crippen molar-refractivity contribution in [2.45, 2.75) is 38.5 Å². The van der Waals surface area contributed by atoms with E-state index in [9.17, 15) is 5.26 Å². The van der Waals surface area contributed by atoms with Crippen LogP contribution in [0.25, 0.3) is 88.0 Å². The highest BCUT2D eigenvalue weighted by atomic mass is 14.4. The lowest BCUT2D eigenvalue weighted by Crippen LogP contribution is -2.14. The molecule has 0 unspecified atom stereocenters. The molecule has 0 saturated carbocycles. The van der Waals surface area contributed by atoms with Crippen LogP contribution >= 0.6 is 0 Å². The van der Waals surface area contributed by atoms with Crippen molar-refractivity contribution >= 4 is 32.3 Å². The Bertz CT molecular complexity index is 3110. The number of fused-ring (bicyclic) bond motifs is 6. The molecule has 1 heteroatoms. The molecule has 0 heterocycles. The van der Waals surface area contributed by atoms with E-state index in [4.69, 9.17) is 0 Å². The van der Waals surface area contributed by atoms with Crippen LogP contribution in [0.3, 0.4) is 0 Å². The maximum atomic E-state index is 9.92. The third kappa shape index (κ3) is 4.09. The molecule has 54 heavy (non-hydrogen) atoms. The third-order valence-corrected chi connectivity index (χ3v) is 12.9. The van der Waals surface area contributed by atoms with Crippen LogP contribution in [0.4, 0.5) is 0 Å². The predicted octanol–water partition coefficient (Wildman–Crippen LogP) is 14.1. The zero-order valence-corrected chi connectivity index (χ0v) is 30.9. The fraction of sp³-hybridized carbons (Fsp3) is 0.113. The van der Waals surface area contributed by atoms with E-state index in [1.54, 1.807) is 0 Å². The van der Waals surface area contributed by atoms with E-state index in [1.807, 2.05) is 18.2 Å². The molecule has 0 bridgehead atoms. The summed E-state index contributed by atoms with van der Waals surface area (Å²) in [4.78, 5) is 0. The lowest BCUT2D eigenvalue weighted by Gasteiger charge is -2.23. The molecule has 0 fully saturated rings. The van der Waals surface area contributed by atoms with Crippen LogP contribution in [0, 0.1) is 11.3 Å². The van der Waals surface area contributed by atoms with Crippen LogP contribution in [0.2, 0.25) is 0 Å². The summed E-state index contributed by atoms with van der Waals surface area (Å²) in [7, 11) is 0. The van der Waals surface area contributed by atoms with Gasteiger partial charge in [0.25, 0.3) is 0 Å². The van der Waals surface area contributed by atoms with Crippen LogP contribution < -0.4 is 0 Å². The van der Waals surface area contributed by atoms with Crippen molar-refractivity contribution in [3.8, 4) is 61.7 Å². The first-order valence-electron chi connectivity index (χ1n) is 19.0. The van der Waals surface area contributed by atoms with Gasteiger partial charge in [0, 0.05) is 10.8 Å². The average molecular weight is 688 g/mol. The van der Waals surface area contributed by atoms with Gasteiger partial charge >= 0.3 is 0 Å². The Balaban J connectivity index is 1.18. The minimum Gasteiger partial charge on any atom is -0.192 e. The second-order valence-electron chi connectivity index (χ2n) is 16.4. The minimum absolute atomic E-state index is 0.0702. The summed E-state index contributed by atoms with van der Waals surface area (Å²) in [5, 5.41) is 17.4. The molecule has 254 valence electrons. The fourth-order valence-electron chi connectivity index (χ4n) is 10.1. The lowest BCUT2D eigenvalue weighted by atomic mass is 9.80. The number of hydrogen-bond acceptors (Lipinski definition) is 1. The number of nitriles is 1. The van der Waals surface area contributed by atoms with Crippen molar-refractivity contribution in [3.63, 3.8) is 0 Å². The second-order valence-corrected chi connectivity index (χ2v) is 16.4. The standard InChI is InChI=1S/C53H37N/c1-52(2)46-14-7-5-12-37(46)39-21-18-34(27-48(39)52)36-20-16-32-17-23-42-44(33-11-9-10-31(26-33)30-54)29-45(43-25-24-41(36)50(32)51(42)43)35-19-22-40-38-13-6-8-15-47(38)53(3,4)49(40)28-35/h5-29H,1-4H3. The first-order valence-corrected chi connectivity index (χ1v) is 19.0. The molecule has 0 N–H and O–H groups in total. The summed E-state index contributed by atoms with van der Waals surface area (Å²) in [6.45, 7) is 9.42. The minimum atomic E-state index is -0.101. The molecule has 0 radical (unpaired) electrons. The highest BCUT2D eigenvalue weighted by Crippen LogP contribution is 2.53. The molecule has 0 spiro atoms. The zero-order chi connectivity index (χ0) is 36.5. The number of hydrogen-bond donors (Lipinski definition) is 0. The largest absolute Gasteiger partial charge is 0.192 e. The van der Waals surface area contributed by atoms with Crippen LogP contribution in [0.15, 0.2) is 152 Å². The van der Waals surface area contributed by atoms with Crippen LogP contribution in [-0.4, -0.2) is 0 Å². The van der Waals surface area contributed by atoms with E-state index in [-0.39, 0.29) is 10.8 Å². The van der Waals surface area contributed by atoms with Gasteiger partial charge in [0.1, 0.15) is 0 Å². The number of benzene rings is 9. The highest BCUT2D eigenvalue weighted by molar-refractivity contribution is 6.30. The molecule has 0 aromatic heterocycles. The molecule has 1 nitrogen and oxygen atoms in total. The molecule has 9 aromatic carbocycles. The third-order valence-electron chi connectivity index (χ3n) is 12.9. The van der Waals surface area contributed by atoms with E-state index in [1.165, 1.54) is 99.1 Å². The normalized spacial score (nSPS) is 14.6. The molecule has 0 atom stereocenters. The van der Waals surface area contributed by atoms with Gasteiger partial charge in [-0.3, -0.25) is 0 Å². The molecule has 2 aliphatic rings. The van der Waals surface area contributed by atoms with Gasteiger partial charge in [-0.25, -0.2) is 0 Å². The average Bonchev–Trinajstić information content (AvgIpc) is 3.58. The monoisotopic (exact) mass is 687 g/mol. The van der Waals surface area contributed by atoms with Gasteiger partial charge in [-0.05, 0) is 141 Å². The first-order chi connectivity index (χ1) is 26.2. The SMILES string of the molecule is CC1(C)c2ccccc2-c2ccc(-c3ccc4ccc5c(-c6cccc(C#N)c6)cc(-c6ccc7c(c6)C(C)(C)c6ccccc6-7)c6ccc3c4c56)cc21. The van der Waals surface area contributed by atoms with E-state index in [0.29, 0.717) is 5.56 Å². The molecule has 0 saturated heterocycles. The van der Waals surface area contributed by atoms with Crippen molar-refractivity contribution in [1.82, 2.24) is 0 Å². The van der Waals surface area contributed by atoms with Gasteiger partial charge in [-0.2, -0.15) is 5.26 Å². The maximum Gasteiger partial charge on any atom is 0.0991 e. The Labute approximate surface area is 316 Å². The van der Waals surface area contributed by atoms with E-state index in [2.05, 4.69) is 167 Å². The van der Waals surface area contributed by atoms with Gasteiger partial charge in [0.2, 0.25) is 0 Å². The van der Waals surface area contributed by atoms with Crippen molar-refractivity contribution in [1.29, 1.82) is 5.26 Å². The van der Waals surface area contributed by atoms with Crippen LogP contribution in [0.1, 0.15) is 55.5 Å². The Morgan fingerprint density at radius 3 is 1.46 bits per heavy atom. The molecular formula is C53H37N. The summed E-state index contributed by atoms with van der Waals surface area (Å²) in [6.07, 6.45) is 0. The van der Waals surface area contributed by atoms with Crippen molar-refractivity contribution in [2.75, 3.05) is 0 Å². The van der Waals surface area contributed by atoms with E-state index >= 15 is 0 Å². The van der Waals surface area contributed by atoms with Gasteiger partial charge in [-0.1, -0.05) is 149 Å². The van der Waals surface area contributed by atoms with Crippen molar-refractivity contribution in [3.05, 3.63) is 179 Å². The molecule has 11 rings (SSSR count). The van der Waals surface area contributed by atoms with Gasteiger partial charge in [0.15, 0.2) is 0 Å². The summed E-state index contributed by atoms with van der Waals surface area (Å²) in [6, 6.07) is 58.6. The maximum absolute atomic E-state index is 9.92. The molecule has 9 aromatic rings. The first kappa shape index (κ1) is 31.1. The van der Waals surface area contributed by atoms with E-state index in [0.717, 1.165) is 11.1 Å². The van der Waals surface area contributed by atoms with Gasteiger partial charge < -0.3 is 0 Å². The second kappa shape index (κ2) is 10.8. The van der Waals surface area contributed by atoms with Gasteiger partial charge in [0.05, 0.1) is 11.6 Å². The Kier molecular flexibility index (Phi) is 6.21. The van der Waals surface area contributed by atoms with Crippen molar-refractivity contribution < 1.29 is 0 Å². The lowest BCUT2D eigenvalue weighted by molar-refractivity contribution is 0.660. The predicted molar refractivity (Wildman–Crippen MR) is 226 cm³/mol. The molecular weight excluding hydrogens is 651 g/mol. The number of nitrogens with zero attached hydrogens (tertiary/aromatic N) is 1. The highest BCUT2D eigenvalue weighted by Gasteiger charge is 2.36. The quantitative estimate of drug-likeness (QED) is 0.170. The van der Waals surface area contributed by atoms with E-state index < -0.39 is 0 Å². The van der Waals surface area contributed by atoms with Gasteiger partial charge in [-0.15, -0.1) is 0 Å². The van der Waals surface area contributed by atoms with Crippen LogP contribution in [-0.2, 0) is 10.8 Å². The van der Waals surface area contributed by atoms with Crippen molar-refractivity contribution in [2.24, 2.45) is 0 Å². The Morgan fingerprint density at radius 1 is 0.370 bits per heavy atom. The fourth-order valence-corrected chi connectivity index (χ4v) is 10.1. The smallest absolute Gasteiger partial charge is 0.0991 e. The summed E-state index contributed by atoms with van der Waals surface area (Å²) >= 11 is 0. The zero-order valence-electron chi connectivity index (χ0n) is 30.9. The van der Waals surface area contributed by atoms with Crippen LogP contribution in [0.5, 0.6) is 0 Å². The molecule has 0 aliphatic heterocycles. The number of rotatable bonds is 3. The Morgan fingerprint density at radius 2 is 0.852 bits per heavy atom.